The molecule has 1 aliphatic rings. The van der Waals surface area contributed by atoms with E-state index in [4.69, 9.17) is 10.0 Å². The van der Waals surface area contributed by atoms with Crippen LogP contribution in [0.4, 0.5) is 0 Å². The Morgan fingerprint density at radius 2 is 2.05 bits per heavy atom. The van der Waals surface area contributed by atoms with E-state index in [2.05, 4.69) is 4.90 Å². The van der Waals surface area contributed by atoms with Crippen LogP contribution in [0.5, 0.6) is 0 Å². The fraction of sp³-hybridized carbons (Fsp3) is 0.857. The number of carbonyl (C=O) groups excluding carboxylic acids is 2. The van der Waals surface area contributed by atoms with Gasteiger partial charge < -0.3 is 19.8 Å². The minimum absolute atomic E-state index is 0.0302. The fourth-order valence-electron chi connectivity index (χ4n) is 3.48. The lowest BCUT2D eigenvalue weighted by Crippen LogP contribution is -2.60. The summed E-state index contributed by atoms with van der Waals surface area (Å²) in [6, 6.07) is 0. The van der Waals surface area contributed by atoms with Crippen LogP contribution < -0.4 is 0 Å². The van der Waals surface area contributed by atoms with Gasteiger partial charge in [0.2, 0.25) is 5.91 Å². The number of Topliss-reactive ketones (excluding diaryl/α,β-unsaturated/α-hetero) is 1. The fourth-order valence-corrected chi connectivity index (χ4v) is 3.48. The van der Waals surface area contributed by atoms with Gasteiger partial charge in [0.05, 0.1) is 0 Å². The Morgan fingerprint density at radius 1 is 1.43 bits per heavy atom. The van der Waals surface area contributed by atoms with Crippen molar-refractivity contribution < 1.29 is 19.6 Å². The van der Waals surface area contributed by atoms with E-state index in [-0.39, 0.29) is 17.6 Å². The molecule has 6 nitrogen and oxygen atoms in total. The molecule has 1 rings (SSSR count). The first-order valence-corrected chi connectivity index (χ1v) is 7.58. The van der Waals surface area contributed by atoms with Gasteiger partial charge >= 0.3 is 7.12 Å². The molecule has 0 aromatic heterocycles. The molecule has 21 heavy (non-hydrogen) atoms. The third kappa shape index (κ3) is 3.84. The molecule has 1 saturated heterocycles. The Kier molecular flexibility index (Phi) is 6.37. The summed E-state index contributed by atoms with van der Waals surface area (Å²) >= 11 is 0. The number of rotatable bonds is 7. The molecule has 0 unspecified atom stereocenters. The number of likely N-dealkylation sites (tertiary alicyclic amines) is 1. The lowest BCUT2D eigenvalue weighted by atomic mass is 9.75. The van der Waals surface area contributed by atoms with E-state index in [1.54, 1.807) is 11.9 Å². The van der Waals surface area contributed by atoms with Crippen molar-refractivity contribution in [2.24, 2.45) is 5.92 Å². The maximum absolute atomic E-state index is 12.6. The highest BCUT2D eigenvalue weighted by atomic mass is 16.4. The van der Waals surface area contributed by atoms with Crippen molar-refractivity contribution in [2.75, 3.05) is 27.2 Å². The molecule has 1 fully saturated rings. The lowest BCUT2D eigenvalue weighted by Gasteiger charge is -2.41. The molecular formula is C14H27BN2O4. The van der Waals surface area contributed by atoms with Crippen LogP contribution in [-0.4, -0.2) is 71.4 Å². The molecule has 1 aliphatic heterocycles. The maximum Gasteiger partial charge on any atom is 0.451 e. The number of nitrogens with zero attached hydrogens (tertiary/aromatic N) is 2. The van der Waals surface area contributed by atoms with E-state index < -0.39 is 12.7 Å². The molecule has 0 radical (unpaired) electrons. The van der Waals surface area contributed by atoms with Crippen LogP contribution in [0.3, 0.4) is 0 Å². The smallest absolute Gasteiger partial charge is 0.427 e. The van der Waals surface area contributed by atoms with E-state index in [1.165, 1.54) is 6.92 Å². The largest absolute Gasteiger partial charge is 0.451 e. The Bertz CT molecular complexity index is 391. The zero-order valence-electron chi connectivity index (χ0n) is 13.5. The van der Waals surface area contributed by atoms with Crippen molar-refractivity contribution in [3.8, 4) is 0 Å². The number of likely N-dealkylation sites (N-methyl/N-ethyl adjacent to an activating group) is 2. The van der Waals surface area contributed by atoms with Crippen LogP contribution in [0.25, 0.3) is 0 Å². The number of ketones is 1. The standard InChI is InChI=1S/C14H27BN2O4/c1-5-13(19)14(17(4)11(2)18)10-16(3)9-12(14)7-6-8-15(20)21/h12,20-21H,5-10H2,1-4H3/t12-,14-/m0/s1. The van der Waals surface area contributed by atoms with E-state index in [0.29, 0.717) is 32.1 Å². The summed E-state index contributed by atoms with van der Waals surface area (Å²) in [5.41, 5.74) is -0.782. The average Bonchev–Trinajstić information content (AvgIpc) is 2.74. The molecule has 120 valence electrons. The SMILES string of the molecule is CCC(=O)[C@]1(N(C)C(C)=O)CN(C)C[C@@H]1CCCB(O)O. The molecule has 7 heteroatoms. The molecule has 2 N–H and O–H groups in total. The monoisotopic (exact) mass is 298 g/mol. The van der Waals surface area contributed by atoms with E-state index in [0.717, 1.165) is 6.54 Å². The predicted octanol–water partition coefficient (Wildman–Crippen LogP) is -0.00280. The Labute approximate surface area is 127 Å². The van der Waals surface area contributed by atoms with E-state index in [9.17, 15) is 9.59 Å². The second-order valence-electron chi connectivity index (χ2n) is 6.08. The van der Waals surface area contributed by atoms with Crippen molar-refractivity contribution in [1.29, 1.82) is 0 Å². The highest BCUT2D eigenvalue weighted by Gasteiger charge is 2.53. The Hall–Kier alpha value is -0.915. The van der Waals surface area contributed by atoms with Gasteiger partial charge in [-0.05, 0) is 19.8 Å². The van der Waals surface area contributed by atoms with Crippen LogP contribution in [0, 0.1) is 5.92 Å². The van der Waals surface area contributed by atoms with Gasteiger partial charge in [0.15, 0.2) is 5.78 Å². The minimum Gasteiger partial charge on any atom is -0.427 e. The van der Waals surface area contributed by atoms with Gasteiger partial charge in [-0.25, -0.2) is 0 Å². The summed E-state index contributed by atoms with van der Waals surface area (Å²) in [7, 11) is 2.33. The number of amides is 1. The summed E-state index contributed by atoms with van der Waals surface area (Å²) in [5.74, 6) is 0.000917. The topological polar surface area (TPSA) is 81.1 Å². The van der Waals surface area contributed by atoms with Gasteiger partial charge in [-0.2, -0.15) is 0 Å². The molecule has 0 aromatic rings. The van der Waals surface area contributed by atoms with Crippen LogP contribution in [-0.2, 0) is 9.59 Å². The third-order valence-electron chi connectivity index (χ3n) is 4.61. The first-order valence-electron chi connectivity index (χ1n) is 7.58. The molecule has 1 amide bonds. The zero-order chi connectivity index (χ0) is 16.2. The van der Waals surface area contributed by atoms with Crippen molar-refractivity contribution in [1.82, 2.24) is 9.80 Å². The van der Waals surface area contributed by atoms with Gasteiger partial charge in [0.1, 0.15) is 5.54 Å². The first kappa shape index (κ1) is 18.1. The average molecular weight is 298 g/mol. The van der Waals surface area contributed by atoms with Crippen molar-refractivity contribution >= 4 is 18.8 Å². The molecule has 2 atom stereocenters. The minimum atomic E-state index is -1.31. The maximum atomic E-state index is 12.6. The van der Waals surface area contributed by atoms with Crippen LogP contribution in [0.15, 0.2) is 0 Å². The van der Waals surface area contributed by atoms with Crippen LogP contribution in [0.2, 0.25) is 6.32 Å². The number of carbonyl (C=O) groups is 2. The van der Waals surface area contributed by atoms with Crippen molar-refractivity contribution in [2.45, 2.75) is 45.0 Å². The first-order chi connectivity index (χ1) is 9.75. The highest BCUT2D eigenvalue weighted by molar-refractivity contribution is 6.40. The summed E-state index contributed by atoms with van der Waals surface area (Å²) in [5, 5.41) is 17.9. The Morgan fingerprint density at radius 3 is 2.52 bits per heavy atom. The highest BCUT2D eigenvalue weighted by Crippen LogP contribution is 2.37. The molecule has 0 aliphatic carbocycles. The Balaban J connectivity index is 3.00. The zero-order valence-corrected chi connectivity index (χ0v) is 13.5. The predicted molar refractivity (Wildman–Crippen MR) is 81.7 cm³/mol. The van der Waals surface area contributed by atoms with Gasteiger partial charge in [-0.1, -0.05) is 13.3 Å². The van der Waals surface area contributed by atoms with Crippen molar-refractivity contribution in [3.05, 3.63) is 0 Å². The van der Waals surface area contributed by atoms with Crippen LogP contribution in [0.1, 0.15) is 33.1 Å². The molecule has 0 aromatic carbocycles. The molecule has 0 spiro atoms. The van der Waals surface area contributed by atoms with Crippen molar-refractivity contribution in [3.63, 3.8) is 0 Å². The van der Waals surface area contributed by atoms with Crippen LogP contribution >= 0.6 is 0 Å². The van der Waals surface area contributed by atoms with Gasteiger partial charge in [-0.3, -0.25) is 9.59 Å². The van der Waals surface area contributed by atoms with Gasteiger partial charge in [-0.15, -0.1) is 0 Å². The third-order valence-corrected chi connectivity index (χ3v) is 4.61. The summed E-state index contributed by atoms with van der Waals surface area (Å²) in [6.45, 7) is 4.59. The molecule has 0 saturated carbocycles. The second kappa shape index (κ2) is 7.38. The van der Waals surface area contributed by atoms with Gasteiger partial charge in [0.25, 0.3) is 0 Å². The summed E-state index contributed by atoms with van der Waals surface area (Å²) < 4.78 is 0. The quantitative estimate of drug-likeness (QED) is 0.647. The molecular weight excluding hydrogens is 271 g/mol. The molecule has 1 heterocycles. The number of hydrogen-bond acceptors (Lipinski definition) is 5. The van der Waals surface area contributed by atoms with Gasteiger partial charge in [0, 0.05) is 39.4 Å². The normalized spacial score (nSPS) is 25.9. The molecule has 0 bridgehead atoms. The summed E-state index contributed by atoms with van der Waals surface area (Å²) in [6.07, 6.45) is 2.01. The van der Waals surface area contributed by atoms with E-state index >= 15 is 0 Å². The van der Waals surface area contributed by atoms with E-state index in [1.807, 2.05) is 14.0 Å². The second-order valence-corrected chi connectivity index (χ2v) is 6.08. The number of hydrogen-bond donors (Lipinski definition) is 2. The summed E-state index contributed by atoms with van der Waals surface area (Å²) in [4.78, 5) is 28.1. The lowest BCUT2D eigenvalue weighted by molar-refractivity contribution is -0.145.